The molecule has 0 aliphatic carbocycles. The first kappa shape index (κ1) is 16.6. The standard InChI is InChI=1S/C17H18BrFN2O/c1-21(2)11-13-6-4-3-5-12(13)10-20-17(22)15-9-14(18)7-8-16(15)19/h3-9H,10-11H2,1-2H3,(H,20,22). The highest BCUT2D eigenvalue weighted by atomic mass is 79.9. The lowest BCUT2D eigenvalue weighted by Gasteiger charge is -2.14. The summed E-state index contributed by atoms with van der Waals surface area (Å²) >= 11 is 3.25. The zero-order chi connectivity index (χ0) is 16.1. The molecule has 0 spiro atoms. The highest BCUT2D eigenvalue weighted by Gasteiger charge is 2.12. The third-order valence-electron chi connectivity index (χ3n) is 3.22. The number of amides is 1. The quantitative estimate of drug-likeness (QED) is 0.879. The number of nitrogens with one attached hydrogen (secondary N) is 1. The summed E-state index contributed by atoms with van der Waals surface area (Å²) in [4.78, 5) is 14.2. The average molecular weight is 365 g/mol. The Bertz CT molecular complexity index is 673. The molecule has 0 aliphatic heterocycles. The number of halogens is 2. The molecule has 0 saturated heterocycles. The van der Waals surface area contributed by atoms with Gasteiger partial charge in [-0.2, -0.15) is 0 Å². The van der Waals surface area contributed by atoms with Crippen LogP contribution in [0.3, 0.4) is 0 Å². The largest absolute Gasteiger partial charge is 0.348 e. The van der Waals surface area contributed by atoms with E-state index >= 15 is 0 Å². The van der Waals surface area contributed by atoms with Crippen molar-refractivity contribution >= 4 is 21.8 Å². The fourth-order valence-corrected chi connectivity index (χ4v) is 2.53. The second-order valence-electron chi connectivity index (χ2n) is 5.31. The topological polar surface area (TPSA) is 32.3 Å². The van der Waals surface area contributed by atoms with Crippen molar-refractivity contribution in [3.8, 4) is 0 Å². The molecule has 2 aromatic carbocycles. The van der Waals surface area contributed by atoms with Crippen LogP contribution in [0, 0.1) is 5.82 Å². The summed E-state index contributed by atoms with van der Waals surface area (Å²) in [5, 5.41) is 2.78. The van der Waals surface area contributed by atoms with Crippen LogP contribution in [0.1, 0.15) is 21.5 Å². The fourth-order valence-electron chi connectivity index (χ4n) is 2.17. The Morgan fingerprint density at radius 2 is 1.86 bits per heavy atom. The number of nitrogens with zero attached hydrogens (tertiary/aromatic N) is 1. The number of carbonyl (C=O) groups is 1. The second-order valence-corrected chi connectivity index (χ2v) is 6.23. The summed E-state index contributed by atoms with van der Waals surface area (Å²) in [5.74, 6) is -0.944. The second kappa shape index (κ2) is 7.51. The van der Waals surface area contributed by atoms with Gasteiger partial charge >= 0.3 is 0 Å². The van der Waals surface area contributed by atoms with Crippen LogP contribution >= 0.6 is 15.9 Å². The molecule has 0 bridgehead atoms. The first-order valence-corrected chi connectivity index (χ1v) is 7.71. The van der Waals surface area contributed by atoms with E-state index in [1.807, 2.05) is 38.4 Å². The summed E-state index contributed by atoms with van der Waals surface area (Å²) in [5.41, 5.74) is 2.21. The van der Waals surface area contributed by atoms with Crippen LogP contribution in [0.15, 0.2) is 46.9 Å². The fraction of sp³-hybridized carbons (Fsp3) is 0.235. The van der Waals surface area contributed by atoms with E-state index in [1.165, 1.54) is 12.1 Å². The van der Waals surface area contributed by atoms with Crippen molar-refractivity contribution < 1.29 is 9.18 Å². The molecule has 2 rings (SSSR count). The third kappa shape index (κ3) is 4.39. The van der Waals surface area contributed by atoms with Crippen molar-refractivity contribution in [2.45, 2.75) is 13.1 Å². The first-order chi connectivity index (χ1) is 10.5. The molecule has 0 atom stereocenters. The van der Waals surface area contributed by atoms with E-state index in [9.17, 15) is 9.18 Å². The van der Waals surface area contributed by atoms with Crippen molar-refractivity contribution in [1.29, 1.82) is 0 Å². The number of hydrogen-bond acceptors (Lipinski definition) is 2. The molecule has 116 valence electrons. The van der Waals surface area contributed by atoms with Crippen molar-refractivity contribution in [2.24, 2.45) is 0 Å². The van der Waals surface area contributed by atoms with Crippen molar-refractivity contribution in [2.75, 3.05) is 14.1 Å². The van der Waals surface area contributed by atoms with Crippen LogP contribution in [0.5, 0.6) is 0 Å². The number of carbonyl (C=O) groups excluding carboxylic acids is 1. The van der Waals surface area contributed by atoms with Crippen LogP contribution in [-0.4, -0.2) is 24.9 Å². The van der Waals surface area contributed by atoms with Gasteiger partial charge in [-0.25, -0.2) is 4.39 Å². The van der Waals surface area contributed by atoms with Crippen LogP contribution in [0.4, 0.5) is 4.39 Å². The molecule has 0 fully saturated rings. The smallest absolute Gasteiger partial charge is 0.254 e. The monoisotopic (exact) mass is 364 g/mol. The molecular weight excluding hydrogens is 347 g/mol. The van der Waals surface area contributed by atoms with Crippen molar-refractivity contribution in [3.05, 3.63) is 69.4 Å². The minimum Gasteiger partial charge on any atom is -0.348 e. The van der Waals surface area contributed by atoms with Gasteiger partial charge in [0.2, 0.25) is 0 Å². The molecule has 0 unspecified atom stereocenters. The van der Waals surface area contributed by atoms with E-state index in [1.54, 1.807) is 6.07 Å². The molecular formula is C17H18BrFN2O. The molecule has 2 aromatic rings. The predicted molar refractivity (Wildman–Crippen MR) is 89.1 cm³/mol. The summed E-state index contributed by atoms with van der Waals surface area (Å²) in [6, 6.07) is 12.2. The van der Waals surface area contributed by atoms with Crippen LogP contribution in [0.25, 0.3) is 0 Å². The maximum Gasteiger partial charge on any atom is 0.254 e. The van der Waals surface area contributed by atoms with Crippen molar-refractivity contribution in [1.82, 2.24) is 10.2 Å². The zero-order valence-electron chi connectivity index (χ0n) is 12.6. The molecule has 1 amide bonds. The Morgan fingerprint density at radius 3 is 2.55 bits per heavy atom. The van der Waals surface area contributed by atoms with E-state index in [0.29, 0.717) is 11.0 Å². The molecule has 22 heavy (non-hydrogen) atoms. The minimum atomic E-state index is -0.526. The molecule has 5 heteroatoms. The van der Waals surface area contributed by atoms with Gasteiger partial charge in [-0.15, -0.1) is 0 Å². The van der Waals surface area contributed by atoms with E-state index in [2.05, 4.69) is 26.1 Å². The first-order valence-electron chi connectivity index (χ1n) is 6.92. The van der Waals surface area contributed by atoms with Gasteiger partial charge in [-0.1, -0.05) is 40.2 Å². The predicted octanol–water partition coefficient (Wildman–Crippen LogP) is 3.58. The van der Waals surface area contributed by atoms with Crippen LogP contribution in [-0.2, 0) is 13.1 Å². The molecule has 0 saturated carbocycles. The normalized spacial score (nSPS) is 10.8. The van der Waals surface area contributed by atoms with E-state index in [-0.39, 0.29) is 5.56 Å². The number of benzene rings is 2. The Labute approximate surface area is 138 Å². The van der Waals surface area contributed by atoms with Gasteiger partial charge in [0.15, 0.2) is 0 Å². The molecule has 3 nitrogen and oxygen atoms in total. The third-order valence-corrected chi connectivity index (χ3v) is 3.71. The summed E-state index contributed by atoms with van der Waals surface area (Å²) in [6.45, 7) is 1.16. The van der Waals surface area contributed by atoms with Gasteiger partial charge in [0.1, 0.15) is 5.82 Å². The van der Waals surface area contributed by atoms with Crippen LogP contribution < -0.4 is 5.32 Å². The van der Waals surface area contributed by atoms with E-state index < -0.39 is 11.7 Å². The maximum atomic E-state index is 13.7. The Balaban J connectivity index is 2.10. The Morgan fingerprint density at radius 1 is 1.18 bits per heavy atom. The molecule has 0 heterocycles. The molecule has 1 N–H and O–H groups in total. The van der Waals surface area contributed by atoms with Crippen molar-refractivity contribution in [3.63, 3.8) is 0 Å². The van der Waals surface area contributed by atoms with Gasteiger partial charge in [-0.3, -0.25) is 4.79 Å². The summed E-state index contributed by atoms with van der Waals surface area (Å²) in [7, 11) is 3.98. The lowest BCUT2D eigenvalue weighted by atomic mass is 10.1. The van der Waals surface area contributed by atoms with Gasteiger partial charge < -0.3 is 10.2 Å². The molecule has 0 aromatic heterocycles. The number of rotatable bonds is 5. The summed E-state index contributed by atoms with van der Waals surface area (Å²) < 4.78 is 14.4. The van der Waals surface area contributed by atoms with Gasteiger partial charge in [0.25, 0.3) is 5.91 Å². The van der Waals surface area contributed by atoms with E-state index in [0.717, 1.165) is 17.7 Å². The molecule has 0 aliphatic rings. The zero-order valence-corrected chi connectivity index (χ0v) is 14.2. The van der Waals surface area contributed by atoms with Gasteiger partial charge in [0.05, 0.1) is 5.56 Å². The van der Waals surface area contributed by atoms with Crippen LogP contribution in [0.2, 0.25) is 0 Å². The Hall–Kier alpha value is -1.72. The lowest BCUT2D eigenvalue weighted by Crippen LogP contribution is -2.25. The van der Waals surface area contributed by atoms with E-state index in [4.69, 9.17) is 0 Å². The van der Waals surface area contributed by atoms with Gasteiger partial charge in [-0.05, 0) is 43.4 Å². The minimum absolute atomic E-state index is 0.0412. The average Bonchev–Trinajstić information content (AvgIpc) is 2.48. The number of hydrogen-bond donors (Lipinski definition) is 1. The highest BCUT2D eigenvalue weighted by molar-refractivity contribution is 9.10. The molecule has 0 radical (unpaired) electrons. The lowest BCUT2D eigenvalue weighted by molar-refractivity contribution is 0.0946. The van der Waals surface area contributed by atoms with Gasteiger partial charge in [0, 0.05) is 17.6 Å². The maximum absolute atomic E-state index is 13.7. The Kier molecular flexibility index (Phi) is 5.69. The SMILES string of the molecule is CN(C)Cc1ccccc1CNC(=O)c1cc(Br)ccc1F. The summed E-state index contributed by atoms with van der Waals surface area (Å²) in [6.07, 6.45) is 0. The highest BCUT2D eigenvalue weighted by Crippen LogP contribution is 2.16.